The van der Waals surface area contributed by atoms with Crippen molar-refractivity contribution in [3.63, 3.8) is 0 Å². The van der Waals surface area contributed by atoms with Crippen molar-refractivity contribution in [2.75, 3.05) is 17.1 Å². The van der Waals surface area contributed by atoms with Crippen LogP contribution in [0.25, 0.3) is 0 Å². The molecule has 0 unspecified atom stereocenters. The van der Waals surface area contributed by atoms with Crippen LogP contribution in [0.5, 0.6) is 0 Å². The maximum Gasteiger partial charge on any atom is 0.267 e. The molecule has 2 aromatic carbocycles. The SMILES string of the molecule is CNc1ccc(NS(=O)(=O)c2c(F)cc(F)cc2F)cc1. The summed E-state index contributed by atoms with van der Waals surface area (Å²) in [6, 6.07) is 6.61. The van der Waals surface area contributed by atoms with Crippen LogP contribution in [0.3, 0.4) is 0 Å². The average molecular weight is 316 g/mol. The van der Waals surface area contributed by atoms with Gasteiger partial charge in [-0.1, -0.05) is 0 Å². The van der Waals surface area contributed by atoms with E-state index in [4.69, 9.17) is 0 Å². The van der Waals surface area contributed by atoms with Gasteiger partial charge in [-0.05, 0) is 24.3 Å². The number of benzene rings is 2. The lowest BCUT2D eigenvalue weighted by atomic mass is 10.3. The van der Waals surface area contributed by atoms with Gasteiger partial charge < -0.3 is 5.32 Å². The first-order valence-electron chi connectivity index (χ1n) is 5.78. The number of sulfonamides is 1. The number of hydrogen-bond donors (Lipinski definition) is 2. The Balaban J connectivity index is 2.38. The molecule has 0 fully saturated rings. The lowest BCUT2D eigenvalue weighted by Gasteiger charge is -2.10. The molecule has 0 amide bonds. The Kier molecular flexibility index (Phi) is 4.08. The van der Waals surface area contributed by atoms with Gasteiger partial charge in [-0.2, -0.15) is 0 Å². The highest BCUT2D eigenvalue weighted by Crippen LogP contribution is 2.23. The second kappa shape index (κ2) is 5.65. The van der Waals surface area contributed by atoms with Crippen molar-refractivity contribution in [3.8, 4) is 0 Å². The van der Waals surface area contributed by atoms with Gasteiger partial charge in [-0.3, -0.25) is 4.72 Å². The van der Waals surface area contributed by atoms with Crippen molar-refractivity contribution in [3.05, 3.63) is 53.8 Å². The Morgan fingerprint density at radius 3 is 1.86 bits per heavy atom. The quantitative estimate of drug-likeness (QED) is 0.912. The molecule has 0 aliphatic carbocycles. The monoisotopic (exact) mass is 316 g/mol. The fourth-order valence-corrected chi connectivity index (χ4v) is 2.88. The summed E-state index contributed by atoms with van der Waals surface area (Å²) in [5.41, 5.74) is 0.856. The van der Waals surface area contributed by atoms with Crippen LogP contribution in [0, 0.1) is 17.5 Å². The predicted molar refractivity (Wildman–Crippen MR) is 73.1 cm³/mol. The minimum Gasteiger partial charge on any atom is -0.388 e. The molecule has 2 rings (SSSR count). The summed E-state index contributed by atoms with van der Waals surface area (Å²) in [6.07, 6.45) is 0. The Hall–Kier alpha value is -2.22. The van der Waals surface area contributed by atoms with E-state index in [-0.39, 0.29) is 5.69 Å². The Morgan fingerprint density at radius 1 is 0.905 bits per heavy atom. The lowest BCUT2D eigenvalue weighted by molar-refractivity contribution is 0.498. The number of nitrogens with one attached hydrogen (secondary N) is 2. The van der Waals surface area contributed by atoms with Crippen molar-refractivity contribution in [2.24, 2.45) is 0 Å². The fourth-order valence-electron chi connectivity index (χ4n) is 1.70. The lowest BCUT2D eigenvalue weighted by Crippen LogP contribution is -2.16. The molecule has 0 bridgehead atoms. The van der Waals surface area contributed by atoms with E-state index in [1.165, 1.54) is 12.1 Å². The van der Waals surface area contributed by atoms with Crippen LogP contribution in [-0.2, 0) is 10.0 Å². The minimum atomic E-state index is -4.50. The molecule has 0 aliphatic rings. The van der Waals surface area contributed by atoms with Crippen LogP contribution in [-0.4, -0.2) is 15.5 Å². The van der Waals surface area contributed by atoms with E-state index >= 15 is 0 Å². The third-order valence-electron chi connectivity index (χ3n) is 2.66. The van der Waals surface area contributed by atoms with E-state index in [0.717, 1.165) is 5.69 Å². The van der Waals surface area contributed by atoms with Gasteiger partial charge in [0.05, 0.1) is 0 Å². The third-order valence-corrected chi connectivity index (χ3v) is 4.09. The maximum atomic E-state index is 13.5. The first-order valence-corrected chi connectivity index (χ1v) is 7.27. The largest absolute Gasteiger partial charge is 0.388 e. The van der Waals surface area contributed by atoms with Crippen LogP contribution in [0.4, 0.5) is 24.5 Å². The second-order valence-corrected chi connectivity index (χ2v) is 5.75. The molecule has 2 aromatic rings. The number of anilines is 2. The van der Waals surface area contributed by atoms with Crippen LogP contribution in [0.15, 0.2) is 41.3 Å². The number of rotatable bonds is 4. The molecule has 0 aromatic heterocycles. The van der Waals surface area contributed by atoms with Crippen molar-refractivity contribution >= 4 is 21.4 Å². The van der Waals surface area contributed by atoms with Gasteiger partial charge in [0.15, 0.2) is 4.90 Å². The molecule has 0 radical (unpaired) electrons. The van der Waals surface area contributed by atoms with Crippen molar-refractivity contribution < 1.29 is 21.6 Å². The van der Waals surface area contributed by atoms with Crippen LogP contribution in [0.1, 0.15) is 0 Å². The molecular formula is C13H11F3N2O2S. The van der Waals surface area contributed by atoms with E-state index in [1.807, 2.05) is 4.72 Å². The first-order chi connectivity index (χ1) is 9.83. The molecule has 21 heavy (non-hydrogen) atoms. The third kappa shape index (κ3) is 3.27. The first kappa shape index (κ1) is 15.2. The van der Waals surface area contributed by atoms with Crippen LogP contribution in [0.2, 0.25) is 0 Å². The highest BCUT2D eigenvalue weighted by Gasteiger charge is 2.25. The zero-order valence-electron chi connectivity index (χ0n) is 10.8. The molecule has 4 nitrogen and oxygen atoms in total. The van der Waals surface area contributed by atoms with Gasteiger partial charge >= 0.3 is 0 Å². The summed E-state index contributed by atoms with van der Waals surface area (Å²) in [5, 5.41) is 2.83. The summed E-state index contributed by atoms with van der Waals surface area (Å²) < 4.78 is 65.8. The smallest absolute Gasteiger partial charge is 0.267 e. The molecule has 8 heteroatoms. The van der Waals surface area contributed by atoms with E-state index in [9.17, 15) is 21.6 Å². The van der Waals surface area contributed by atoms with Crippen LogP contribution >= 0.6 is 0 Å². The summed E-state index contributed by atoms with van der Waals surface area (Å²) in [5.74, 6) is -4.18. The van der Waals surface area contributed by atoms with E-state index in [2.05, 4.69) is 5.32 Å². The fraction of sp³-hybridized carbons (Fsp3) is 0.0769. The standard InChI is InChI=1S/C13H11F3N2O2S/c1-17-9-2-4-10(5-3-9)18-21(19,20)13-11(15)6-8(14)7-12(13)16/h2-7,17-18H,1H3. The summed E-state index contributed by atoms with van der Waals surface area (Å²) >= 11 is 0. The molecule has 2 N–H and O–H groups in total. The van der Waals surface area contributed by atoms with Gasteiger partial charge in [-0.15, -0.1) is 0 Å². The number of hydrogen-bond acceptors (Lipinski definition) is 3. The minimum absolute atomic E-state index is 0.122. The van der Waals surface area contributed by atoms with Gasteiger partial charge in [-0.25, -0.2) is 21.6 Å². The van der Waals surface area contributed by atoms with Gasteiger partial charge in [0.2, 0.25) is 0 Å². The van der Waals surface area contributed by atoms with Gasteiger partial charge in [0, 0.05) is 30.6 Å². The topological polar surface area (TPSA) is 58.2 Å². The second-order valence-electron chi connectivity index (χ2n) is 4.13. The molecule has 0 aliphatic heterocycles. The molecule has 0 atom stereocenters. The van der Waals surface area contributed by atoms with Gasteiger partial charge in [0.25, 0.3) is 10.0 Å². The van der Waals surface area contributed by atoms with Gasteiger partial charge in [0.1, 0.15) is 17.5 Å². The zero-order valence-corrected chi connectivity index (χ0v) is 11.6. The molecule has 0 heterocycles. The average Bonchev–Trinajstić information content (AvgIpc) is 2.37. The maximum absolute atomic E-state index is 13.5. The van der Waals surface area contributed by atoms with E-state index in [1.54, 1.807) is 19.2 Å². The highest BCUT2D eigenvalue weighted by atomic mass is 32.2. The molecule has 0 saturated heterocycles. The summed E-state index contributed by atoms with van der Waals surface area (Å²) in [7, 11) is -2.82. The normalized spacial score (nSPS) is 11.2. The molecular weight excluding hydrogens is 305 g/mol. The highest BCUT2D eigenvalue weighted by molar-refractivity contribution is 7.92. The van der Waals surface area contributed by atoms with Crippen molar-refractivity contribution in [1.82, 2.24) is 0 Å². The van der Waals surface area contributed by atoms with E-state index < -0.39 is 32.4 Å². The molecule has 0 spiro atoms. The summed E-state index contributed by atoms with van der Waals surface area (Å²) in [6.45, 7) is 0. The summed E-state index contributed by atoms with van der Waals surface area (Å²) in [4.78, 5) is -1.22. The Bertz CT molecular complexity index is 738. The van der Waals surface area contributed by atoms with Crippen molar-refractivity contribution in [1.29, 1.82) is 0 Å². The van der Waals surface area contributed by atoms with Crippen LogP contribution < -0.4 is 10.0 Å². The van der Waals surface area contributed by atoms with E-state index in [0.29, 0.717) is 12.1 Å². The Labute approximate surface area is 119 Å². The molecule has 0 saturated carbocycles. The number of halogens is 3. The Morgan fingerprint density at radius 2 is 1.38 bits per heavy atom. The van der Waals surface area contributed by atoms with Crippen molar-refractivity contribution in [2.45, 2.75) is 4.90 Å². The molecule has 112 valence electrons. The zero-order chi connectivity index (χ0) is 15.6. The predicted octanol–water partition coefficient (Wildman–Crippen LogP) is 2.95.